The summed E-state index contributed by atoms with van der Waals surface area (Å²) in [5, 5.41) is 6.75. The zero-order valence-electron chi connectivity index (χ0n) is 16.1. The molecule has 1 unspecified atom stereocenters. The second-order valence-corrected chi connectivity index (χ2v) is 9.58. The number of carbonyl (C=O) groups is 2. The molecule has 3 aromatic rings. The molecule has 0 fully saturated rings. The average molecular weight is 514 g/mol. The van der Waals surface area contributed by atoms with E-state index in [-0.39, 0.29) is 16.8 Å². The van der Waals surface area contributed by atoms with Gasteiger partial charge in [0, 0.05) is 20.6 Å². The lowest BCUT2D eigenvalue weighted by Gasteiger charge is -2.14. The van der Waals surface area contributed by atoms with E-state index in [1.165, 1.54) is 17.8 Å². The highest BCUT2D eigenvalue weighted by Crippen LogP contribution is 2.30. The number of anilines is 2. The van der Waals surface area contributed by atoms with Crippen molar-refractivity contribution in [1.82, 2.24) is 0 Å². The van der Waals surface area contributed by atoms with Gasteiger partial charge in [-0.05, 0) is 61.5 Å². The van der Waals surface area contributed by atoms with Crippen molar-refractivity contribution in [2.24, 2.45) is 0 Å². The third-order valence-corrected chi connectivity index (χ3v) is 6.34. The minimum Gasteiger partial charge on any atom is -0.324 e. The lowest BCUT2D eigenvalue weighted by Crippen LogP contribution is -2.22. The summed E-state index contributed by atoms with van der Waals surface area (Å²) in [6.07, 6.45) is 0. The second-order valence-electron chi connectivity index (χ2n) is 6.48. The summed E-state index contributed by atoms with van der Waals surface area (Å²) < 4.78 is 0. The fraction of sp³-hybridized carbons (Fsp3) is 0.0909. The lowest BCUT2D eigenvalue weighted by molar-refractivity contribution is -0.115. The van der Waals surface area contributed by atoms with Crippen LogP contribution in [0.4, 0.5) is 11.4 Å². The standard InChI is InChI=1S/C22H16Cl4N2O2S/c1-12(21(29)28-20-10-14(24)6-8-18(20)25)31-16-4-2-3-15(11-16)27-22(30)17-7-5-13(23)9-19(17)26/h2-12H,1H3,(H,27,30)(H,28,29). The molecule has 160 valence electrons. The van der Waals surface area contributed by atoms with Gasteiger partial charge >= 0.3 is 0 Å². The molecular formula is C22H16Cl4N2O2S. The number of nitrogens with one attached hydrogen (secondary N) is 2. The fourth-order valence-corrected chi connectivity index (χ4v) is 4.36. The van der Waals surface area contributed by atoms with Crippen LogP contribution >= 0.6 is 58.2 Å². The highest BCUT2D eigenvalue weighted by Gasteiger charge is 2.17. The van der Waals surface area contributed by atoms with Crippen molar-refractivity contribution < 1.29 is 9.59 Å². The molecule has 0 aliphatic carbocycles. The van der Waals surface area contributed by atoms with Gasteiger partial charge in [-0.1, -0.05) is 52.5 Å². The summed E-state index contributed by atoms with van der Waals surface area (Å²) in [6.45, 7) is 1.77. The summed E-state index contributed by atoms with van der Waals surface area (Å²) in [5.41, 5.74) is 1.34. The van der Waals surface area contributed by atoms with E-state index in [1.54, 1.807) is 55.5 Å². The molecular weight excluding hydrogens is 498 g/mol. The second kappa shape index (κ2) is 10.6. The van der Waals surface area contributed by atoms with E-state index in [4.69, 9.17) is 46.4 Å². The first kappa shape index (κ1) is 23.8. The van der Waals surface area contributed by atoms with E-state index in [0.29, 0.717) is 32.0 Å². The van der Waals surface area contributed by atoms with Gasteiger partial charge in [-0.25, -0.2) is 0 Å². The molecule has 3 rings (SSSR count). The number of carbonyl (C=O) groups excluding carboxylic acids is 2. The van der Waals surface area contributed by atoms with E-state index in [9.17, 15) is 9.59 Å². The van der Waals surface area contributed by atoms with Crippen LogP contribution < -0.4 is 10.6 Å². The first-order valence-electron chi connectivity index (χ1n) is 9.02. The van der Waals surface area contributed by atoms with E-state index in [1.807, 2.05) is 6.07 Å². The van der Waals surface area contributed by atoms with Crippen LogP contribution in [0.15, 0.2) is 65.6 Å². The minimum absolute atomic E-state index is 0.225. The van der Waals surface area contributed by atoms with Gasteiger partial charge in [-0.2, -0.15) is 0 Å². The molecule has 0 aliphatic heterocycles. The van der Waals surface area contributed by atoms with Crippen LogP contribution in [0.2, 0.25) is 20.1 Å². The normalized spacial score (nSPS) is 11.6. The maximum absolute atomic E-state index is 12.6. The molecule has 0 bridgehead atoms. The molecule has 0 saturated carbocycles. The third-order valence-electron chi connectivity index (χ3n) is 4.14. The van der Waals surface area contributed by atoms with E-state index in [0.717, 1.165) is 4.90 Å². The van der Waals surface area contributed by atoms with E-state index >= 15 is 0 Å². The summed E-state index contributed by atoms with van der Waals surface area (Å²) in [6, 6.07) is 16.7. The molecule has 0 aliphatic rings. The number of thioether (sulfide) groups is 1. The van der Waals surface area contributed by atoms with Crippen LogP contribution in [0.25, 0.3) is 0 Å². The molecule has 2 amide bonds. The van der Waals surface area contributed by atoms with Crippen molar-refractivity contribution in [3.05, 3.63) is 86.3 Å². The van der Waals surface area contributed by atoms with Crippen LogP contribution in [-0.2, 0) is 4.79 Å². The maximum atomic E-state index is 12.6. The Labute approximate surface area is 204 Å². The molecule has 0 aromatic heterocycles. The van der Waals surface area contributed by atoms with Crippen LogP contribution in [0.3, 0.4) is 0 Å². The van der Waals surface area contributed by atoms with E-state index < -0.39 is 5.25 Å². The highest BCUT2D eigenvalue weighted by atomic mass is 35.5. The van der Waals surface area contributed by atoms with Crippen molar-refractivity contribution in [3.63, 3.8) is 0 Å². The highest BCUT2D eigenvalue weighted by molar-refractivity contribution is 8.00. The Morgan fingerprint density at radius 1 is 0.839 bits per heavy atom. The summed E-state index contributed by atoms with van der Waals surface area (Å²) in [5.74, 6) is -0.582. The lowest BCUT2D eigenvalue weighted by atomic mass is 10.2. The average Bonchev–Trinajstić information content (AvgIpc) is 2.70. The largest absolute Gasteiger partial charge is 0.324 e. The van der Waals surface area contributed by atoms with Crippen LogP contribution in [0.5, 0.6) is 0 Å². The van der Waals surface area contributed by atoms with Crippen molar-refractivity contribution in [1.29, 1.82) is 0 Å². The van der Waals surface area contributed by atoms with Gasteiger partial charge in [0.25, 0.3) is 5.91 Å². The van der Waals surface area contributed by atoms with Gasteiger partial charge in [-0.15, -0.1) is 11.8 Å². The van der Waals surface area contributed by atoms with Gasteiger partial charge in [0.2, 0.25) is 5.91 Å². The first-order chi connectivity index (χ1) is 14.7. The Morgan fingerprint density at radius 2 is 1.55 bits per heavy atom. The Kier molecular flexibility index (Phi) is 8.14. The number of amides is 2. The Morgan fingerprint density at radius 3 is 2.29 bits per heavy atom. The number of hydrogen-bond acceptors (Lipinski definition) is 3. The fourth-order valence-electron chi connectivity index (χ4n) is 2.60. The molecule has 0 spiro atoms. The van der Waals surface area contributed by atoms with Crippen LogP contribution in [0.1, 0.15) is 17.3 Å². The number of benzene rings is 3. The number of hydrogen-bond donors (Lipinski definition) is 2. The Bertz CT molecular complexity index is 1140. The molecule has 1 atom stereocenters. The predicted molar refractivity (Wildman–Crippen MR) is 131 cm³/mol. The van der Waals surface area contributed by atoms with Gasteiger partial charge < -0.3 is 10.6 Å². The van der Waals surface area contributed by atoms with Crippen LogP contribution in [0, 0.1) is 0 Å². The zero-order chi connectivity index (χ0) is 22.5. The third kappa shape index (κ3) is 6.55. The molecule has 31 heavy (non-hydrogen) atoms. The SMILES string of the molecule is CC(Sc1cccc(NC(=O)c2ccc(Cl)cc2Cl)c1)C(=O)Nc1cc(Cl)ccc1Cl. The molecule has 3 aromatic carbocycles. The van der Waals surface area contributed by atoms with Crippen LogP contribution in [-0.4, -0.2) is 17.1 Å². The van der Waals surface area contributed by atoms with Crippen molar-refractivity contribution in [3.8, 4) is 0 Å². The van der Waals surface area contributed by atoms with Crippen molar-refractivity contribution in [2.45, 2.75) is 17.1 Å². The van der Waals surface area contributed by atoms with Gasteiger partial charge in [0.1, 0.15) is 0 Å². The molecule has 0 saturated heterocycles. The molecule has 9 heteroatoms. The van der Waals surface area contributed by atoms with Crippen molar-refractivity contribution >= 4 is 81.4 Å². The topological polar surface area (TPSA) is 58.2 Å². The van der Waals surface area contributed by atoms with Crippen molar-refractivity contribution in [2.75, 3.05) is 10.6 Å². The molecule has 4 nitrogen and oxygen atoms in total. The summed E-state index contributed by atoms with van der Waals surface area (Å²) >= 11 is 25.4. The number of halogens is 4. The summed E-state index contributed by atoms with van der Waals surface area (Å²) in [7, 11) is 0. The predicted octanol–water partition coefficient (Wildman–Crippen LogP) is 7.67. The smallest absolute Gasteiger partial charge is 0.257 e. The van der Waals surface area contributed by atoms with Gasteiger partial charge in [0.05, 0.1) is 26.5 Å². The van der Waals surface area contributed by atoms with Gasteiger partial charge in [-0.3, -0.25) is 9.59 Å². The number of rotatable bonds is 6. The molecule has 2 N–H and O–H groups in total. The molecule has 0 radical (unpaired) electrons. The first-order valence-corrected chi connectivity index (χ1v) is 11.4. The Balaban J connectivity index is 1.66. The van der Waals surface area contributed by atoms with E-state index in [2.05, 4.69) is 10.6 Å². The zero-order valence-corrected chi connectivity index (χ0v) is 19.9. The quantitative estimate of drug-likeness (QED) is 0.332. The monoisotopic (exact) mass is 512 g/mol. The summed E-state index contributed by atoms with van der Waals surface area (Å²) in [4.78, 5) is 25.9. The maximum Gasteiger partial charge on any atom is 0.257 e. The Hall–Kier alpha value is -1.89. The van der Waals surface area contributed by atoms with Gasteiger partial charge in [0.15, 0.2) is 0 Å². The minimum atomic E-state index is -0.424. The molecule has 0 heterocycles.